The molecule has 37 heavy (non-hydrogen) atoms. The van der Waals surface area contributed by atoms with Crippen LogP contribution in [0, 0.1) is 6.92 Å². The van der Waals surface area contributed by atoms with Crippen molar-refractivity contribution in [3.63, 3.8) is 0 Å². The van der Waals surface area contributed by atoms with Gasteiger partial charge in [0.05, 0.1) is 24.2 Å². The van der Waals surface area contributed by atoms with E-state index in [-0.39, 0.29) is 29.0 Å². The Bertz CT molecular complexity index is 1330. The van der Waals surface area contributed by atoms with Crippen molar-refractivity contribution in [3.05, 3.63) is 60.4 Å². The van der Waals surface area contributed by atoms with Crippen LogP contribution < -0.4 is 31.2 Å². The van der Waals surface area contributed by atoms with Crippen LogP contribution in [0.5, 0.6) is 11.6 Å². The molecule has 3 aromatic rings. The molecule has 0 aliphatic rings. The van der Waals surface area contributed by atoms with E-state index in [1.165, 1.54) is 37.6 Å². The first-order valence-electron chi connectivity index (χ1n) is 10.5. The smallest absolute Gasteiger partial charge is 0.421 e. The number of halogens is 3. The molecule has 0 spiro atoms. The van der Waals surface area contributed by atoms with Crippen LogP contribution in [-0.2, 0) is 15.8 Å². The molecule has 194 valence electrons. The number of alkyl halides is 3. The number of carbonyl (C=O) groups excluding carboxylic acids is 2. The van der Waals surface area contributed by atoms with Gasteiger partial charge in [-0.1, -0.05) is 6.58 Å². The monoisotopic (exact) mass is 517 g/mol. The lowest BCUT2D eigenvalue weighted by Gasteiger charge is -2.18. The Morgan fingerprint density at radius 2 is 1.86 bits per heavy atom. The van der Waals surface area contributed by atoms with Gasteiger partial charge in [0.1, 0.15) is 17.1 Å². The van der Waals surface area contributed by atoms with Crippen LogP contribution in [0.3, 0.4) is 0 Å². The number of hydrogen-bond acceptors (Lipinski definition) is 9. The van der Waals surface area contributed by atoms with Gasteiger partial charge in [0.2, 0.25) is 17.7 Å². The third-order valence-electron chi connectivity index (χ3n) is 4.70. The van der Waals surface area contributed by atoms with E-state index >= 15 is 0 Å². The third kappa shape index (κ3) is 7.06. The highest BCUT2D eigenvalue weighted by atomic mass is 19.4. The number of carbonyl (C=O) groups is 2. The Hall–Kier alpha value is -4.88. The maximum atomic E-state index is 13.8. The van der Waals surface area contributed by atoms with Crippen LogP contribution in [0.25, 0.3) is 0 Å². The van der Waals surface area contributed by atoms with Crippen molar-refractivity contribution in [1.29, 1.82) is 0 Å². The van der Waals surface area contributed by atoms with Crippen LogP contribution in [0.1, 0.15) is 11.1 Å². The molecule has 0 atom stereocenters. The number of primary amides is 1. The summed E-state index contributed by atoms with van der Waals surface area (Å²) in [5, 5.41) is 7.90. The molecule has 0 radical (unpaired) electrons. The lowest BCUT2D eigenvalue weighted by molar-refractivity contribution is -0.137. The predicted molar refractivity (Wildman–Crippen MR) is 129 cm³/mol. The highest BCUT2D eigenvalue weighted by Gasteiger charge is 2.35. The summed E-state index contributed by atoms with van der Waals surface area (Å²) < 4.78 is 51.6. The fraction of sp³-hybridized carbons (Fsp3) is 0.174. The molecule has 14 heteroatoms. The molecule has 0 saturated heterocycles. The van der Waals surface area contributed by atoms with Gasteiger partial charge in [-0.05, 0) is 30.7 Å². The number of pyridine rings is 1. The summed E-state index contributed by atoms with van der Waals surface area (Å²) in [4.78, 5) is 34.8. The Kier molecular flexibility index (Phi) is 8.12. The standard InChI is InChI=1S/C23H22F3N7O4/c1-4-19(35)30-17-7-13(37-11-18(27)34)5-6-15(17)31-21-14(23(24,25)26)10-29-22(33-21)32-16-8-20(36-3)28-9-12(16)2/h4-10H,1,11H2,2-3H3,(H2,27,34)(H,30,35)(H2,28,29,31,32,33). The molecule has 0 fully saturated rings. The topological polar surface area (TPSA) is 153 Å². The number of aromatic nitrogens is 3. The van der Waals surface area contributed by atoms with Gasteiger partial charge in [-0.3, -0.25) is 9.59 Å². The quantitative estimate of drug-likeness (QED) is 0.295. The Labute approximate surface area is 208 Å². The number of benzene rings is 1. The number of nitrogens with two attached hydrogens (primary N) is 1. The zero-order valence-electron chi connectivity index (χ0n) is 19.6. The van der Waals surface area contributed by atoms with Gasteiger partial charge in [0, 0.05) is 24.5 Å². The maximum absolute atomic E-state index is 13.8. The molecule has 0 saturated carbocycles. The zero-order valence-corrected chi connectivity index (χ0v) is 19.6. The molecule has 2 aromatic heterocycles. The molecule has 0 aliphatic heterocycles. The number of aryl methyl sites for hydroxylation is 1. The second kappa shape index (κ2) is 11.2. The van der Waals surface area contributed by atoms with Gasteiger partial charge in [-0.15, -0.1) is 0 Å². The number of anilines is 5. The zero-order chi connectivity index (χ0) is 27.2. The normalized spacial score (nSPS) is 10.8. The van der Waals surface area contributed by atoms with E-state index in [9.17, 15) is 22.8 Å². The minimum absolute atomic E-state index is 0.0304. The van der Waals surface area contributed by atoms with Crippen LogP contribution in [0.2, 0.25) is 0 Å². The van der Waals surface area contributed by atoms with E-state index < -0.39 is 36.0 Å². The molecule has 3 rings (SSSR count). The average molecular weight is 517 g/mol. The first-order chi connectivity index (χ1) is 17.5. The van der Waals surface area contributed by atoms with Crippen molar-refractivity contribution in [2.75, 3.05) is 29.7 Å². The van der Waals surface area contributed by atoms with Crippen molar-refractivity contribution in [1.82, 2.24) is 15.0 Å². The van der Waals surface area contributed by atoms with Crippen molar-refractivity contribution < 1.29 is 32.2 Å². The fourth-order valence-electron chi connectivity index (χ4n) is 2.91. The highest BCUT2D eigenvalue weighted by Crippen LogP contribution is 2.37. The number of rotatable bonds is 10. The number of nitrogens with zero attached hydrogens (tertiary/aromatic N) is 3. The first kappa shape index (κ1) is 26.7. The highest BCUT2D eigenvalue weighted by molar-refractivity contribution is 6.01. The van der Waals surface area contributed by atoms with E-state index in [0.29, 0.717) is 17.4 Å². The van der Waals surface area contributed by atoms with Gasteiger partial charge >= 0.3 is 6.18 Å². The summed E-state index contributed by atoms with van der Waals surface area (Å²) in [6, 6.07) is 5.54. The maximum Gasteiger partial charge on any atom is 0.421 e. The van der Waals surface area contributed by atoms with E-state index in [0.717, 1.165) is 6.08 Å². The van der Waals surface area contributed by atoms with E-state index in [2.05, 4.69) is 37.5 Å². The molecular formula is C23H22F3N7O4. The van der Waals surface area contributed by atoms with Gasteiger partial charge in [0.25, 0.3) is 5.91 Å². The predicted octanol–water partition coefficient (Wildman–Crippen LogP) is 3.68. The summed E-state index contributed by atoms with van der Waals surface area (Å²) in [6.45, 7) is 4.64. The second-order valence-electron chi connectivity index (χ2n) is 7.40. The fourth-order valence-corrected chi connectivity index (χ4v) is 2.91. The molecule has 1 aromatic carbocycles. The molecule has 0 unspecified atom stereocenters. The van der Waals surface area contributed by atoms with Crippen LogP contribution in [0.15, 0.2) is 49.3 Å². The van der Waals surface area contributed by atoms with E-state index in [4.69, 9.17) is 15.2 Å². The minimum atomic E-state index is -4.80. The molecule has 0 aliphatic carbocycles. The Balaban J connectivity index is 2.02. The summed E-state index contributed by atoms with van der Waals surface area (Å²) in [7, 11) is 1.42. The molecule has 2 amide bonds. The van der Waals surface area contributed by atoms with Gasteiger partial charge in [-0.2, -0.15) is 18.2 Å². The number of ether oxygens (including phenoxy) is 2. The third-order valence-corrected chi connectivity index (χ3v) is 4.70. The number of hydrogen-bond donors (Lipinski definition) is 4. The number of methoxy groups -OCH3 is 1. The molecule has 5 N–H and O–H groups in total. The van der Waals surface area contributed by atoms with E-state index in [1.54, 1.807) is 6.92 Å². The Morgan fingerprint density at radius 3 is 2.51 bits per heavy atom. The lowest BCUT2D eigenvalue weighted by Crippen LogP contribution is -2.20. The van der Waals surface area contributed by atoms with Crippen LogP contribution in [-0.4, -0.2) is 40.5 Å². The van der Waals surface area contributed by atoms with Gasteiger partial charge in [0.15, 0.2) is 6.61 Å². The first-order valence-corrected chi connectivity index (χ1v) is 10.5. The summed E-state index contributed by atoms with van der Waals surface area (Å²) >= 11 is 0. The van der Waals surface area contributed by atoms with Gasteiger partial charge in [-0.25, -0.2) is 9.97 Å². The molecule has 11 nitrogen and oxygen atoms in total. The van der Waals surface area contributed by atoms with Crippen molar-refractivity contribution in [2.24, 2.45) is 5.73 Å². The summed E-state index contributed by atoms with van der Waals surface area (Å²) in [6.07, 6.45) is -1.69. The van der Waals surface area contributed by atoms with Gasteiger partial charge < -0.3 is 31.2 Å². The van der Waals surface area contributed by atoms with Crippen molar-refractivity contribution in [3.8, 4) is 11.6 Å². The molecule has 0 bridgehead atoms. The SMILES string of the molecule is C=CC(=O)Nc1cc(OCC(N)=O)ccc1Nc1nc(Nc2cc(OC)ncc2C)ncc1C(F)(F)F. The van der Waals surface area contributed by atoms with Crippen molar-refractivity contribution >= 4 is 40.6 Å². The Morgan fingerprint density at radius 1 is 1.11 bits per heavy atom. The van der Waals surface area contributed by atoms with Crippen LogP contribution in [0.4, 0.5) is 42.0 Å². The number of amides is 2. The summed E-state index contributed by atoms with van der Waals surface area (Å²) in [5.74, 6) is -1.71. The van der Waals surface area contributed by atoms with Crippen LogP contribution >= 0.6 is 0 Å². The largest absolute Gasteiger partial charge is 0.484 e. The van der Waals surface area contributed by atoms with E-state index in [1.807, 2.05) is 0 Å². The average Bonchev–Trinajstić information content (AvgIpc) is 2.84. The summed E-state index contributed by atoms with van der Waals surface area (Å²) in [5.41, 5.74) is 5.12. The number of nitrogens with one attached hydrogen (secondary N) is 3. The van der Waals surface area contributed by atoms with Crippen molar-refractivity contribution in [2.45, 2.75) is 13.1 Å². The minimum Gasteiger partial charge on any atom is -0.484 e. The second-order valence-corrected chi connectivity index (χ2v) is 7.40. The lowest BCUT2D eigenvalue weighted by atomic mass is 10.2. The molecular weight excluding hydrogens is 495 g/mol. The molecule has 2 heterocycles.